The number of rotatable bonds is 5. The second-order valence-corrected chi connectivity index (χ2v) is 9.38. The van der Waals surface area contributed by atoms with Gasteiger partial charge in [0.1, 0.15) is 0 Å². The highest BCUT2D eigenvalue weighted by Gasteiger charge is 2.36. The summed E-state index contributed by atoms with van der Waals surface area (Å²) in [7, 11) is 0. The van der Waals surface area contributed by atoms with Gasteiger partial charge in [-0.3, -0.25) is 9.59 Å². The Bertz CT molecular complexity index is 777. The molecule has 6 nitrogen and oxygen atoms in total. The summed E-state index contributed by atoms with van der Waals surface area (Å²) in [5.41, 5.74) is 1.20. The largest absolute Gasteiger partial charge is 0.454 e. The first kappa shape index (κ1) is 21.0. The molecule has 1 saturated carbocycles. The zero-order valence-corrected chi connectivity index (χ0v) is 18.2. The lowest BCUT2D eigenvalue weighted by Crippen LogP contribution is -2.47. The molecular weight excluding hydrogens is 380 g/mol. The van der Waals surface area contributed by atoms with Gasteiger partial charge in [0.15, 0.2) is 11.5 Å². The molecule has 0 radical (unpaired) electrons. The van der Waals surface area contributed by atoms with E-state index in [1.165, 1.54) is 24.8 Å². The first-order valence-corrected chi connectivity index (χ1v) is 11.5. The number of ether oxygens (including phenoxy) is 2. The number of fused-ring (bicyclic) bond motifs is 1. The third-order valence-corrected chi connectivity index (χ3v) is 7.07. The molecule has 0 spiro atoms. The van der Waals surface area contributed by atoms with Crippen LogP contribution in [0, 0.1) is 11.8 Å². The van der Waals surface area contributed by atoms with Crippen molar-refractivity contribution in [3.8, 4) is 11.5 Å². The van der Waals surface area contributed by atoms with Crippen LogP contribution < -0.4 is 14.8 Å². The van der Waals surface area contributed by atoms with Crippen LogP contribution in [0.25, 0.3) is 0 Å². The zero-order chi connectivity index (χ0) is 21.1. The number of carbonyl (C=O) groups is 2. The summed E-state index contributed by atoms with van der Waals surface area (Å²) >= 11 is 0. The number of piperidine rings is 1. The molecule has 0 aromatic heterocycles. The van der Waals surface area contributed by atoms with E-state index >= 15 is 0 Å². The van der Waals surface area contributed by atoms with Gasteiger partial charge >= 0.3 is 0 Å². The molecule has 1 saturated heterocycles. The summed E-state index contributed by atoms with van der Waals surface area (Å²) in [6.45, 7) is 6.17. The smallest absolute Gasteiger partial charge is 0.231 e. The highest BCUT2D eigenvalue weighted by molar-refractivity contribution is 5.80. The van der Waals surface area contributed by atoms with Gasteiger partial charge in [0.05, 0.1) is 0 Å². The van der Waals surface area contributed by atoms with E-state index in [0.717, 1.165) is 37.2 Å². The summed E-state index contributed by atoms with van der Waals surface area (Å²) in [4.78, 5) is 27.1. The van der Waals surface area contributed by atoms with Crippen molar-refractivity contribution in [3.05, 3.63) is 23.8 Å². The average molecular weight is 415 g/mol. The molecule has 164 valence electrons. The van der Waals surface area contributed by atoms with Crippen LogP contribution in [0.4, 0.5) is 0 Å². The molecule has 30 heavy (non-hydrogen) atoms. The number of hydrogen-bond acceptors (Lipinski definition) is 4. The van der Waals surface area contributed by atoms with E-state index in [4.69, 9.17) is 9.47 Å². The number of nitrogens with one attached hydrogen (secondary N) is 1. The summed E-state index contributed by atoms with van der Waals surface area (Å²) < 4.78 is 11.1. The molecule has 1 aliphatic carbocycles. The van der Waals surface area contributed by atoms with Crippen LogP contribution >= 0.6 is 0 Å². The molecule has 1 N–H and O–H groups in total. The van der Waals surface area contributed by atoms with Crippen LogP contribution in [0.15, 0.2) is 18.2 Å². The van der Waals surface area contributed by atoms with Crippen molar-refractivity contribution in [2.45, 2.75) is 64.2 Å². The molecule has 0 atom stereocenters. The average Bonchev–Trinajstić information content (AvgIpc) is 3.25. The van der Waals surface area contributed by atoms with Crippen LogP contribution in [0.1, 0.15) is 64.4 Å². The Morgan fingerprint density at radius 1 is 1.10 bits per heavy atom. The number of nitrogens with zero attached hydrogens (tertiary/aromatic N) is 1. The van der Waals surface area contributed by atoms with Crippen molar-refractivity contribution in [1.29, 1.82) is 0 Å². The summed E-state index contributed by atoms with van der Waals surface area (Å²) in [6.07, 6.45) is 7.27. The van der Waals surface area contributed by atoms with Crippen LogP contribution in [0.5, 0.6) is 11.5 Å². The second kappa shape index (κ2) is 8.86. The Morgan fingerprint density at radius 3 is 2.50 bits per heavy atom. The maximum absolute atomic E-state index is 13.0. The van der Waals surface area contributed by atoms with Crippen molar-refractivity contribution in [2.75, 3.05) is 26.4 Å². The van der Waals surface area contributed by atoms with E-state index in [2.05, 4.69) is 17.4 Å². The molecule has 0 unspecified atom stereocenters. The third kappa shape index (κ3) is 4.28. The molecule has 2 heterocycles. The van der Waals surface area contributed by atoms with E-state index in [1.54, 1.807) is 0 Å². The Kier molecular flexibility index (Phi) is 6.21. The van der Waals surface area contributed by atoms with Gasteiger partial charge in [-0.05, 0) is 43.4 Å². The van der Waals surface area contributed by atoms with Crippen LogP contribution in [0.3, 0.4) is 0 Å². The number of carbonyl (C=O) groups excluding carboxylic acids is 2. The lowest BCUT2D eigenvalue weighted by atomic mass is 9.69. The van der Waals surface area contributed by atoms with E-state index < -0.39 is 0 Å². The molecule has 1 aromatic carbocycles. The number of hydrogen-bond donors (Lipinski definition) is 1. The molecule has 6 heteroatoms. The van der Waals surface area contributed by atoms with Crippen LogP contribution in [-0.2, 0) is 15.0 Å². The molecular formula is C24H34N2O4. The molecule has 0 bridgehead atoms. The Labute approximate surface area is 179 Å². The molecule has 4 rings (SSSR count). The fourth-order valence-electron chi connectivity index (χ4n) is 5.15. The first-order valence-electron chi connectivity index (χ1n) is 11.5. The minimum atomic E-state index is -0.0385. The molecule has 1 aromatic rings. The molecule has 3 aliphatic rings. The van der Waals surface area contributed by atoms with Gasteiger partial charge in [-0.25, -0.2) is 0 Å². The number of benzene rings is 1. The van der Waals surface area contributed by atoms with Gasteiger partial charge in [0.25, 0.3) is 0 Å². The highest BCUT2D eigenvalue weighted by Crippen LogP contribution is 2.43. The lowest BCUT2D eigenvalue weighted by Gasteiger charge is -2.39. The maximum atomic E-state index is 13.0. The van der Waals surface area contributed by atoms with Crippen LogP contribution in [-0.4, -0.2) is 43.1 Å². The highest BCUT2D eigenvalue weighted by atomic mass is 16.7. The molecule has 2 amide bonds. The zero-order valence-electron chi connectivity index (χ0n) is 18.2. The lowest BCUT2D eigenvalue weighted by molar-refractivity contribution is -0.138. The van der Waals surface area contributed by atoms with E-state index in [9.17, 15) is 9.59 Å². The van der Waals surface area contributed by atoms with E-state index in [1.807, 2.05) is 24.8 Å². The summed E-state index contributed by atoms with van der Waals surface area (Å²) in [6, 6.07) is 6.24. The molecule has 2 aliphatic heterocycles. The van der Waals surface area contributed by atoms with Crippen molar-refractivity contribution >= 4 is 11.8 Å². The molecule has 2 fully saturated rings. The quantitative estimate of drug-likeness (QED) is 0.799. The van der Waals surface area contributed by atoms with Gasteiger partial charge in [-0.15, -0.1) is 0 Å². The second-order valence-electron chi connectivity index (χ2n) is 9.38. The van der Waals surface area contributed by atoms with Crippen LogP contribution in [0.2, 0.25) is 0 Å². The standard InChI is InChI=1S/C24H34N2O4/c1-17(2)23(28)26-12-8-18(9-13-26)22(27)25-15-24(10-4-3-5-11-24)19-6-7-20-21(14-19)30-16-29-20/h6-7,14,17-18H,3-5,8-13,15-16H2,1-2H3,(H,25,27). The maximum Gasteiger partial charge on any atom is 0.231 e. The Morgan fingerprint density at radius 2 is 1.80 bits per heavy atom. The van der Waals surface area contributed by atoms with Gasteiger partial charge in [0, 0.05) is 36.9 Å². The predicted octanol–water partition coefficient (Wildman–Crippen LogP) is 3.63. The van der Waals surface area contributed by atoms with Crippen molar-refractivity contribution < 1.29 is 19.1 Å². The van der Waals surface area contributed by atoms with Crippen molar-refractivity contribution in [3.63, 3.8) is 0 Å². The number of likely N-dealkylation sites (tertiary alicyclic amines) is 1. The monoisotopic (exact) mass is 414 g/mol. The Balaban J connectivity index is 1.39. The first-order chi connectivity index (χ1) is 14.5. The number of amides is 2. The summed E-state index contributed by atoms with van der Waals surface area (Å²) in [5, 5.41) is 3.28. The minimum absolute atomic E-state index is 0.00129. The van der Waals surface area contributed by atoms with Gasteiger partial charge in [-0.2, -0.15) is 0 Å². The van der Waals surface area contributed by atoms with Crippen molar-refractivity contribution in [1.82, 2.24) is 10.2 Å². The van der Waals surface area contributed by atoms with Gasteiger partial charge < -0.3 is 19.7 Å². The minimum Gasteiger partial charge on any atom is -0.454 e. The van der Waals surface area contributed by atoms with Gasteiger partial charge in [0.2, 0.25) is 18.6 Å². The topological polar surface area (TPSA) is 67.9 Å². The SMILES string of the molecule is CC(C)C(=O)N1CCC(C(=O)NCC2(c3ccc4c(c3)OCO4)CCCCC2)CC1. The normalized spacial score (nSPS) is 21.0. The Hall–Kier alpha value is -2.24. The predicted molar refractivity (Wildman–Crippen MR) is 114 cm³/mol. The van der Waals surface area contributed by atoms with Crippen molar-refractivity contribution in [2.24, 2.45) is 11.8 Å². The van der Waals surface area contributed by atoms with E-state index in [-0.39, 0.29) is 35.9 Å². The summed E-state index contributed by atoms with van der Waals surface area (Å²) in [5.74, 6) is 1.96. The third-order valence-electron chi connectivity index (χ3n) is 7.07. The fraction of sp³-hybridized carbons (Fsp3) is 0.667. The fourth-order valence-corrected chi connectivity index (χ4v) is 5.15. The van der Waals surface area contributed by atoms with Gasteiger partial charge in [-0.1, -0.05) is 39.2 Å². The van der Waals surface area contributed by atoms with E-state index in [0.29, 0.717) is 19.6 Å².